The Morgan fingerprint density at radius 3 is 2.86 bits per heavy atom. The molecule has 0 bridgehead atoms. The lowest BCUT2D eigenvalue weighted by Gasteiger charge is -2.43. The molecule has 9 heteroatoms. The van der Waals surface area contributed by atoms with Crippen LogP contribution < -0.4 is 15.0 Å². The second kappa shape index (κ2) is 8.90. The van der Waals surface area contributed by atoms with Gasteiger partial charge in [0.15, 0.2) is 0 Å². The van der Waals surface area contributed by atoms with Gasteiger partial charge in [0.2, 0.25) is 0 Å². The van der Waals surface area contributed by atoms with Crippen LogP contribution in [0.3, 0.4) is 0 Å². The van der Waals surface area contributed by atoms with Crippen LogP contribution in [0.15, 0.2) is 48.8 Å². The van der Waals surface area contributed by atoms with E-state index >= 15 is 0 Å². The van der Waals surface area contributed by atoms with Crippen molar-refractivity contribution in [3.8, 4) is 28.3 Å². The first kappa shape index (κ1) is 21.9. The standard InChI is InChI=1S/C26H25F2N5O2/c1-34-18-9-15(8-17(28)10-18)19-12-29-13-20(26-31-21-3-2-16(27)11-23(21)32-26)25(19)33-6-4-22-24(14-33)35-7-5-30-22/h2-3,8-13,22,24,30H,4-7,14H2,1H3,(H,31,32)/t22-,24-/m1/s1. The molecule has 6 rings (SSSR count). The number of piperidine rings is 1. The van der Waals surface area contributed by atoms with Crippen LogP contribution >= 0.6 is 0 Å². The largest absolute Gasteiger partial charge is 0.497 e. The molecule has 2 saturated heterocycles. The second-order valence-corrected chi connectivity index (χ2v) is 8.91. The number of methoxy groups -OCH3 is 1. The van der Waals surface area contributed by atoms with Gasteiger partial charge < -0.3 is 24.7 Å². The van der Waals surface area contributed by atoms with E-state index in [-0.39, 0.29) is 11.9 Å². The number of imidazole rings is 1. The normalized spacial score (nSPS) is 20.1. The summed E-state index contributed by atoms with van der Waals surface area (Å²) in [5, 5.41) is 3.55. The van der Waals surface area contributed by atoms with Gasteiger partial charge >= 0.3 is 0 Å². The van der Waals surface area contributed by atoms with Crippen molar-refractivity contribution in [2.45, 2.75) is 18.6 Å². The van der Waals surface area contributed by atoms with Crippen molar-refractivity contribution in [2.75, 3.05) is 38.3 Å². The van der Waals surface area contributed by atoms with Crippen LogP contribution in [0.2, 0.25) is 0 Å². The Balaban J connectivity index is 1.52. The van der Waals surface area contributed by atoms with Gasteiger partial charge in [-0.3, -0.25) is 4.98 Å². The molecule has 0 amide bonds. The van der Waals surface area contributed by atoms with Gasteiger partial charge in [0.05, 0.1) is 42.1 Å². The number of aromatic nitrogens is 3. The molecule has 4 aromatic rings. The van der Waals surface area contributed by atoms with Gasteiger partial charge in [-0.2, -0.15) is 0 Å². The fourth-order valence-corrected chi connectivity index (χ4v) is 5.10. The number of benzene rings is 2. The van der Waals surface area contributed by atoms with Crippen LogP contribution in [0.25, 0.3) is 33.5 Å². The Bertz CT molecular complexity index is 1390. The van der Waals surface area contributed by atoms with Crippen LogP contribution in [0.5, 0.6) is 5.75 Å². The molecule has 0 unspecified atom stereocenters. The summed E-state index contributed by atoms with van der Waals surface area (Å²) in [5.41, 5.74) is 4.29. The highest BCUT2D eigenvalue weighted by atomic mass is 19.1. The summed E-state index contributed by atoms with van der Waals surface area (Å²) in [4.78, 5) is 14.7. The highest BCUT2D eigenvalue weighted by molar-refractivity contribution is 5.91. The molecule has 2 aromatic heterocycles. The van der Waals surface area contributed by atoms with Gasteiger partial charge in [-0.05, 0) is 42.3 Å². The van der Waals surface area contributed by atoms with Gasteiger partial charge in [0.25, 0.3) is 0 Å². The zero-order chi connectivity index (χ0) is 23.9. The van der Waals surface area contributed by atoms with Crippen molar-refractivity contribution in [1.29, 1.82) is 0 Å². The monoisotopic (exact) mass is 477 g/mol. The second-order valence-electron chi connectivity index (χ2n) is 8.91. The van der Waals surface area contributed by atoms with Crippen LogP contribution in [0, 0.1) is 11.6 Å². The number of hydrogen-bond acceptors (Lipinski definition) is 6. The highest BCUT2D eigenvalue weighted by Crippen LogP contribution is 2.41. The number of fused-ring (bicyclic) bond motifs is 2. The third kappa shape index (κ3) is 4.11. The Kier molecular flexibility index (Phi) is 5.58. The van der Waals surface area contributed by atoms with E-state index in [1.807, 2.05) is 0 Å². The number of pyridine rings is 1. The van der Waals surface area contributed by atoms with Gasteiger partial charge in [-0.1, -0.05) is 0 Å². The molecule has 7 nitrogen and oxygen atoms in total. The SMILES string of the molecule is COc1cc(F)cc(-c2cncc(-c3nc4ccc(F)cc4[nH]3)c2N2CC[C@H]3NCCO[C@@H]3C2)c1. The molecule has 2 atom stereocenters. The average Bonchev–Trinajstić information content (AvgIpc) is 3.30. The number of morpholine rings is 1. The number of aromatic amines is 1. The fourth-order valence-electron chi connectivity index (χ4n) is 5.10. The molecule has 35 heavy (non-hydrogen) atoms. The first-order valence-corrected chi connectivity index (χ1v) is 11.7. The molecule has 2 aromatic carbocycles. The first-order chi connectivity index (χ1) is 17.1. The number of anilines is 1. The van der Waals surface area contributed by atoms with E-state index in [1.165, 1.54) is 31.4 Å². The van der Waals surface area contributed by atoms with Crippen LogP contribution in [0.1, 0.15) is 6.42 Å². The maximum atomic E-state index is 14.5. The zero-order valence-electron chi connectivity index (χ0n) is 19.2. The Morgan fingerprint density at radius 2 is 1.97 bits per heavy atom. The molecule has 2 fully saturated rings. The lowest BCUT2D eigenvalue weighted by atomic mass is 9.96. The first-order valence-electron chi connectivity index (χ1n) is 11.7. The van der Waals surface area contributed by atoms with E-state index in [0.29, 0.717) is 47.4 Å². The third-order valence-corrected chi connectivity index (χ3v) is 6.75. The van der Waals surface area contributed by atoms with Crippen molar-refractivity contribution < 1.29 is 18.3 Å². The molecule has 0 saturated carbocycles. The molecule has 0 spiro atoms. The summed E-state index contributed by atoms with van der Waals surface area (Å²) in [6.07, 6.45) is 4.43. The third-order valence-electron chi connectivity index (χ3n) is 6.75. The molecule has 2 N–H and O–H groups in total. The number of ether oxygens (including phenoxy) is 2. The molecule has 2 aliphatic heterocycles. The minimum Gasteiger partial charge on any atom is -0.497 e. The van der Waals surface area contributed by atoms with Crippen LogP contribution in [0.4, 0.5) is 14.5 Å². The number of nitrogens with zero attached hydrogens (tertiary/aromatic N) is 3. The van der Waals surface area contributed by atoms with Gasteiger partial charge in [0, 0.05) is 49.7 Å². The quantitative estimate of drug-likeness (QED) is 0.460. The van der Waals surface area contributed by atoms with Crippen LogP contribution in [-0.2, 0) is 4.74 Å². The summed E-state index contributed by atoms with van der Waals surface area (Å²) < 4.78 is 39.7. The van der Waals surface area contributed by atoms with Crippen molar-refractivity contribution in [3.05, 3.63) is 60.4 Å². The predicted molar refractivity (Wildman–Crippen MR) is 130 cm³/mol. The van der Waals surface area contributed by atoms with E-state index in [2.05, 4.69) is 20.2 Å². The Hall–Kier alpha value is -3.56. The molecule has 0 radical (unpaired) electrons. The lowest BCUT2D eigenvalue weighted by molar-refractivity contribution is -0.00899. The number of halogens is 2. The fraction of sp³-hybridized carbons (Fsp3) is 0.308. The van der Waals surface area contributed by atoms with E-state index in [4.69, 9.17) is 14.5 Å². The predicted octanol–water partition coefficient (Wildman–Crippen LogP) is 4.15. The number of nitrogens with one attached hydrogen (secondary N) is 2. The summed E-state index contributed by atoms with van der Waals surface area (Å²) in [6.45, 7) is 2.97. The Morgan fingerprint density at radius 1 is 1.09 bits per heavy atom. The molecule has 4 heterocycles. The smallest absolute Gasteiger partial charge is 0.142 e. The molecular weight excluding hydrogens is 452 g/mol. The van der Waals surface area contributed by atoms with Gasteiger partial charge in [-0.15, -0.1) is 0 Å². The number of hydrogen-bond donors (Lipinski definition) is 2. The van der Waals surface area contributed by atoms with Crippen molar-refractivity contribution in [2.24, 2.45) is 0 Å². The van der Waals surface area contributed by atoms with E-state index in [0.717, 1.165) is 36.3 Å². The minimum atomic E-state index is -0.395. The van der Waals surface area contributed by atoms with Crippen molar-refractivity contribution in [1.82, 2.24) is 20.3 Å². The topological polar surface area (TPSA) is 75.3 Å². The highest BCUT2D eigenvalue weighted by Gasteiger charge is 2.34. The van der Waals surface area contributed by atoms with Crippen LogP contribution in [-0.4, -0.2) is 60.4 Å². The lowest BCUT2D eigenvalue weighted by Crippen LogP contribution is -2.57. The Labute approximate surface area is 201 Å². The summed E-state index contributed by atoms with van der Waals surface area (Å²) in [6, 6.07) is 9.39. The number of H-pyrrole nitrogens is 1. The summed E-state index contributed by atoms with van der Waals surface area (Å²) in [5.74, 6) is 0.265. The summed E-state index contributed by atoms with van der Waals surface area (Å²) in [7, 11) is 1.51. The van der Waals surface area contributed by atoms with E-state index in [9.17, 15) is 8.78 Å². The molecule has 0 aliphatic carbocycles. The van der Waals surface area contributed by atoms with Crippen molar-refractivity contribution >= 4 is 16.7 Å². The molecule has 2 aliphatic rings. The maximum absolute atomic E-state index is 14.5. The summed E-state index contributed by atoms with van der Waals surface area (Å²) >= 11 is 0. The average molecular weight is 478 g/mol. The van der Waals surface area contributed by atoms with Gasteiger partial charge in [-0.25, -0.2) is 13.8 Å². The van der Waals surface area contributed by atoms with Crippen molar-refractivity contribution in [3.63, 3.8) is 0 Å². The maximum Gasteiger partial charge on any atom is 0.142 e. The minimum absolute atomic E-state index is 0.0400. The molecule has 180 valence electrons. The van der Waals surface area contributed by atoms with E-state index in [1.54, 1.807) is 24.5 Å². The van der Waals surface area contributed by atoms with E-state index < -0.39 is 5.82 Å². The zero-order valence-corrected chi connectivity index (χ0v) is 19.2. The van der Waals surface area contributed by atoms with Gasteiger partial charge in [0.1, 0.15) is 23.2 Å². The molecular formula is C26H25F2N5O2. The number of rotatable bonds is 4.